The van der Waals surface area contributed by atoms with Gasteiger partial charge in [-0.1, -0.05) is 35.5 Å². The summed E-state index contributed by atoms with van der Waals surface area (Å²) in [5.41, 5.74) is 12.9. The lowest BCUT2D eigenvalue weighted by Crippen LogP contribution is -2.40. The number of aromatic nitrogens is 9. The van der Waals surface area contributed by atoms with E-state index in [9.17, 15) is 31.5 Å². The van der Waals surface area contributed by atoms with Crippen LogP contribution in [0.15, 0.2) is 141 Å². The van der Waals surface area contributed by atoms with E-state index in [1.54, 1.807) is 113 Å². The molecule has 6 aromatic heterocycles. The molecule has 28 heteroatoms. The molecule has 0 atom stereocenters. The number of nitrogens with two attached hydrogens (primary N) is 1. The maximum atomic E-state index is 13.0. The molecule has 83 heavy (non-hydrogen) atoms. The average Bonchev–Trinajstić information content (AvgIpc) is 4.41. The molecule has 26 nitrogen and oxygen atoms in total. The number of morpholine rings is 1. The molecule has 1 fully saturated rings. The first-order valence-corrected chi connectivity index (χ1v) is 28.9. The molecule has 7 heterocycles. The number of rotatable bonds is 16. The van der Waals surface area contributed by atoms with Gasteiger partial charge in [0.15, 0.2) is 15.7 Å². The van der Waals surface area contributed by atoms with Crippen LogP contribution in [0.25, 0.3) is 33.5 Å². The highest BCUT2D eigenvalue weighted by atomic mass is 32.2. The van der Waals surface area contributed by atoms with Gasteiger partial charge in [-0.2, -0.15) is 14.3 Å². The zero-order valence-electron chi connectivity index (χ0n) is 45.9. The number of carboxylic acid groups (broad SMARTS) is 1. The molecule has 0 saturated carbocycles. The van der Waals surface area contributed by atoms with Crippen LogP contribution in [0.1, 0.15) is 27.6 Å². The number of ether oxygens (including phenoxy) is 1. The fourth-order valence-corrected chi connectivity index (χ4v) is 11.4. The van der Waals surface area contributed by atoms with E-state index in [1.165, 1.54) is 16.6 Å². The van der Waals surface area contributed by atoms with Gasteiger partial charge >= 0.3 is 5.97 Å². The highest BCUT2D eigenvalue weighted by Gasteiger charge is 2.29. The number of carbonyl (C=O) groups is 2. The lowest BCUT2D eigenvalue weighted by molar-refractivity contribution is -0.115. The fourth-order valence-electron chi connectivity index (χ4n) is 9.26. The van der Waals surface area contributed by atoms with Gasteiger partial charge in [0.25, 0.3) is 0 Å². The monoisotopic (exact) mass is 1160 g/mol. The number of nitrogens with zero attached hydrogens (tertiary/aromatic N) is 13. The Balaban J connectivity index is 0.000000195. The standard InChI is InChI=1S/C32H30N8O7S.C23H26N8O3S/c1-18-14-20(47-37-18)16-26(41)35-27-22(17-46-29(27)31(42)43)30-36-28-23(10-7-11-24(28)40(30)4)39(3)25-12-13-33-32(34-25)38(2)19-8-6-9-21(15-19)48(5,44)45;1-16-5-3-8-19-21(16)28-22(24)31(19)29(2)20-9-10-25-23(27-20)26-17-6-4-7-18(15-17)35(32,33)30-11-13-34-14-12-30/h6-15,17H,16H2,1-5H3,(H,35,41)(H,42,43);3-10,15H,11-14H2,1-2H3,(H2,24,28)(H,25,26,27). The number of aromatic carboxylic acids is 1. The molecule has 1 aliphatic heterocycles. The number of nitrogen functional groups attached to an aromatic ring is 1. The lowest BCUT2D eigenvalue weighted by atomic mass is 10.2. The van der Waals surface area contributed by atoms with E-state index >= 15 is 0 Å². The number of nitrogens with one attached hydrogen (secondary N) is 2. The molecule has 10 aromatic rings. The number of hydrogen-bond acceptors (Lipinski definition) is 21. The van der Waals surface area contributed by atoms with Crippen molar-refractivity contribution in [3.8, 4) is 11.4 Å². The van der Waals surface area contributed by atoms with Crippen molar-refractivity contribution in [1.82, 2.24) is 48.6 Å². The summed E-state index contributed by atoms with van der Waals surface area (Å²) in [6, 6.07) is 29.7. The first kappa shape index (κ1) is 56.5. The molecule has 1 amide bonds. The third kappa shape index (κ3) is 11.7. The van der Waals surface area contributed by atoms with E-state index < -0.39 is 37.5 Å². The number of para-hydroxylation sites is 2. The highest BCUT2D eigenvalue weighted by molar-refractivity contribution is 7.90. The van der Waals surface area contributed by atoms with Crippen LogP contribution in [0.4, 0.5) is 52.2 Å². The second kappa shape index (κ2) is 23.0. The molecular formula is C55H56N16O10S2. The molecule has 0 radical (unpaired) electrons. The van der Waals surface area contributed by atoms with Crippen molar-refractivity contribution in [3.05, 3.63) is 145 Å². The maximum Gasteiger partial charge on any atom is 0.374 e. The number of sulfonamides is 1. The zero-order chi connectivity index (χ0) is 58.9. The molecule has 0 spiro atoms. The number of hydrogen-bond donors (Lipinski definition) is 4. The molecule has 428 valence electrons. The van der Waals surface area contributed by atoms with E-state index in [4.69, 9.17) is 29.4 Å². The summed E-state index contributed by atoms with van der Waals surface area (Å²) in [5.74, 6) is 0.424. The quantitative estimate of drug-likeness (QED) is 0.0748. The number of amides is 1. The van der Waals surface area contributed by atoms with E-state index in [0.29, 0.717) is 101 Å². The van der Waals surface area contributed by atoms with Gasteiger partial charge in [0, 0.05) is 83.4 Å². The van der Waals surface area contributed by atoms with Crippen molar-refractivity contribution >= 4 is 106 Å². The number of sulfone groups is 1. The van der Waals surface area contributed by atoms with Crippen LogP contribution in [0, 0.1) is 13.8 Å². The smallest absolute Gasteiger partial charge is 0.374 e. The minimum absolute atomic E-state index is 0.0412. The molecule has 1 aliphatic rings. The summed E-state index contributed by atoms with van der Waals surface area (Å²) in [7, 11) is 0.135. The average molecular weight is 1170 g/mol. The van der Waals surface area contributed by atoms with Crippen LogP contribution >= 0.6 is 0 Å². The summed E-state index contributed by atoms with van der Waals surface area (Å²) in [5, 5.41) is 21.1. The zero-order valence-corrected chi connectivity index (χ0v) is 47.5. The minimum Gasteiger partial charge on any atom is -0.475 e. The summed E-state index contributed by atoms with van der Waals surface area (Å²) in [4.78, 5) is 56.2. The van der Waals surface area contributed by atoms with E-state index in [0.717, 1.165) is 22.9 Å². The molecule has 0 aliphatic carbocycles. The Morgan fingerprint density at radius 3 is 2.24 bits per heavy atom. The number of fused-ring (bicyclic) bond motifs is 2. The molecule has 0 unspecified atom stereocenters. The number of aryl methyl sites for hydroxylation is 3. The van der Waals surface area contributed by atoms with Crippen molar-refractivity contribution < 1.29 is 45.2 Å². The Hall–Kier alpha value is -9.77. The van der Waals surface area contributed by atoms with Gasteiger partial charge in [-0.15, -0.1) is 0 Å². The molecule has 11 rings (SSSR count). The predicted molar refractivity (Wildman–Crippen MR) is 311 cm³/mol. The minimum atomic E-state index is -3.62. The topological polar surface area (TPSA) is 321 Å². The molecule has 0 bridgehead atoms. The Morgan fingerprint density at radius 2 is 1.49 bits per heavy atom. The molecule has 4 aromatic carbocycles. The van der Waals surface area contributed by atoms with Gasteiger partial charge in [-0.25, -0.2) is 46.2 Å². The molecular weight excluding hydrogens is 1110 g/mol. The Kier molecular flexibility index (Phi) is 15.7. The number of carboxylic acids is 1. The van der Waals surface area contributed by atoms with Gasteiger partial charge in [-0.3, -0.25) is 9.80 Å². The molecule has 5 N–H and O–H groups in total. The normalized spacial score (nSPS) is 12.9. The van der Waals surface area contributed by atoms with Crippen LogP contribution < -0.4 is 31.2 Å². The van der Waals surface area contributed by atoms with Crippen LogP contribution in [0.2, 0.25) is 0 Å². The number of anilines is 9. The second-order valence-electron chi connectivity index (χ2n) is 19.2. The Bertz CT molecular complexity index is 4330. The van der Waals surface area contributed by atoms with Crippen LogP contribution in [0.3, 0.4) is 0 Å². The largest absolute Gasteiger partial charge is 0.475 e. The Labute approximate surface area is 475 Å². The number of carbonyl (C=O) groups excluding carboxylic acids is 1. The predicted octanol–water partition coefficient (Wildman–Crippen LogP) is 7.12. The third-order valence-corrected chi connectivity index (χ3v) is 16.5. The first-order valence-electron chi connectivity index (χ1n) is 25.5. The second-order valence-corrected chi connectivity index (χ2v) is 23.2. The SMILES string of the molecule is Cc1cc(CC(=O)Nc2c(-c3nc4c(N(C)c5ccnc(N(C)c6cccc(S(C)(=O)=O)c6)n5)cccc4n3C)coc2C(=O)O)on1.Cc1cccc2c1nc(N)n2N(C)c1ccnc(Nc2cccc(S(=O)(=O)N3CCOCC3)c2)n1. The summed E-state index contributed by atoms with van der Waals surface area (Å²) in [6.45, 7) is 5.17. The summed E-state index contributed by atoms with van der Waals surface area (Å²) >= 11 is 0. The number of benzene rings is 4. The van der Waals surface area contributed by atoms with Gasteiger partial charge in [0.05, 0.1) is 62.9 Å². The highest BCUT2D eigenvalue weighted by Crippen LogP contribution is 2.38. The fraction of sp³-hybridized carbons (Fsp3) is 0.218. The van der Waals surface area contributed by atoms with Crippen LogP contribution in [0.5, 0.6) is 0 Å². The van der Waals surface area contributed by atoms with E-state index in [1.807, 2.05) is 62.3 Å². The van der Waals surface area contributed by atoms with Crippen molar-refractivity contribution in [1.29, 1.82) is 0 Å². The number of furan rings is 1. The van der Waals surface area contributed by atoms with Gasteiger partial charge in [-0.05, 0) is 80.1 Å². The lowest BCUT2D eigenvalue weighted by Gasteiger charge is -2.26. The first-order chi connectivity index (χ1) is 39.7. The van der Waals surface area contributed by atoms with Gasteiger partial charge < -0.3 is 49.5 Å². The van der Waals surface area contributed by atoms with E-state index in [2.05, 4.69) is 35.7 Å². The van der Waals surface area contributed by atoms with Crippen molar-refractivity contribution in [2.45, 2.75) is 30.1 Å². The van der Waals surface area contributed by atoms with Crippen molar-refractivity contribution in [2.24, 2.45) is 7.05 Å². The third-order valence-electron chi connectivity index (χ3n) is 13.5. The van der Waals surface area contributed by atoms with E-state index in [-0.39, 0.29) is 27.5 Å². The van der Waals surface area contributed by atoms with Gasteiger partial charge in [0.2, 0.25) is 39.5 Å². The Morgan fingerprint density at radius 1 is 0.783 bits per heavy atom. The molecule has 1 saturated heterocycles. The maximum absolute atomic E-state index is 13.0. The van der Waals surface area contributed by atoms with Crippen molar-refractivity contribution in [3.63, 3.8) is 0 Å². The summed E-state index contributed by atoms with van der Waals surface area (Å²) < 4.78 is 71.0. The number of imidazole rings is 2. The van der Waals surface area contributed by atoms with Gasteiger partial charge in [0.1, 0.15) is 34.9 Å². The van der Waals surface area contributed by atoms with Crippen LogP contribution in [-0.2, 0) is 42.9 Å². The van der Waals surface area contributed by atoms with Crippen LogP contribution in [-0.4, -0.2) is 136 Å². The van der Waals surface area contributed by atoms with Crippen molar-refractivity contribution in [2.75, 3.05) is 84.9 Å². The summed E-state index contributed by atoms with van der Waals surface area (Å²) in [6.07, 6.45) is 5.45.